The van der Waals surface area contributed by atoms with Gasteiger partial charge in [0.15, 0.2) is 11.5 Å². The van der Waals surface area contributed by atoms with Crippen LogP contribution in [-0.4, -0.2) is 19.3 Å². The van der Waals surface area contributed by atoms with Crippen molar-refractivity contribution in [3.63, 3.8) is 0 Å². The van der Waals surface area contributed by atoms with E-state index in [9.17, 15) is 0 Å². The lowest BCUT2D eigenvalue weighted by Crippen LogP contribution is -2.61. The average molecular weight is 249 g/mol. The summed E-state index contributed by atoms with van der Waals surface area (Å²) < 4.78 is 11.5. The van der Waals surface area contributed by atoms with Crippen molar-refractivity contribution in [1.29, 1.82) is 0 Å². The van der Waals surface area contributed by atoms with Gasteiger partial charge in [-0.2, -0.15) is 0 Å². The Bertz CT molecular complexity index is 433. The van der Waals surface area contributed by atoms with Crippen molar-refractivity contribution in [2.24, 2.45) is 11.1 Å². The van der Waals surface area contributed by atoms with Crippen LogP contribution in [0, 0.1) is 12.3 Å². The molecule has 0 spiro atoms. The van der Waals surface area contributed by atoms with E-state index in [1.165, 1.54) is 5.56 Å². The quantitative estimate of drug-likeness (QED) is 0.892. The molecule has 0 radical (unpaired) electrons. The second-order valence-electron chi connectivity index (χ2n) is 5.46. The predicted molar refractivity (Wildman–Crippen MR) is 73.1 cm³/mol. The summed E-state index contributed by atoms with van der Waals surface area (Å²) in [6, 6.07) is 6.26. The van der Waals surface area contributed by atoms with Crippen molar-refractivity contribution < 1.29 is 9.47 Å². The molecule has 3 atom stereocenters. The molecule has 0 aromatic heterocycles. The summed E-state index contributed by atoms with van der Waals surface area (Å²) >= 11 is 0. The molecule has 0 aliphatic heterocycles. The fraction of sp³-hybridized carbons (Fsp3) is 0.600. The summed E-state index contributed by atoms with van der Waals surface area (Å²) in [5, 5.41) is 0. The van der Waals surface area contributed by atoms with Crippen molar-refractivity contribution in [1.82, 2.24) is 0 Å². The van der Waals surface area contributed by atoms with Crippen LogP contribution in [0.5, 0.6) is 11.5 Å². The van der Waals surface area contributed by atoms with Crippen molar-refractivity contribution in [2.45, 2.75) is 45.8 Å². The Morgan fingerprint density at radius 2 is 2.11 bits per heavy atom. The third-order valence-corrected chi connectivity index (χ3v) is 4.40. The summed E-state index contributed by atoms with van der Waals surface area (Å²) in [6.07, 6.45) is 2.14. The molecule has 1 aromatic carbocycles. The maximum atomic E-state index is 6.10. The van der Waals surface area contributed by atoms with Crippen LogP contribution < -0.4 is 15.2 Å². The van der Waals surface area contributed by atoms with E-state index >= 15 is 0 Å². The van der Waals surface area contributed by atoms with Crippen LogP contribution in [-0.2, 0) is 0 Å². The van der Waals surface area contributed by atoms with Gasteiger partial charge in [0.05, 0.1) is 7.11 Å². The number of rotatable bonds is 4. The van der Waals surface area contributed by atoms with Gasteiger partial charge in [0.1, 0.15) is 6.10 Å². The van der Waals surface area contributed by atoms with Crippen molar-refractivity contribution in [3.8, 4) is 11.5 Å². The summed E-state index contributed by atoms with van der Waals surface area (Å²) in [4.78, 5) is 0. The largest absolute Gasteiger partial charge is 0.493 e. The number of nitrogens with two attached hydrogens (primary N) is 1. The van der Waals surface area contributed by atoms with Crippen LogP contribution in [0.1, 0.15) is 32.3 Å². The van der Waals surface area contributed by atoms with Gasteiger partial charge in [0.2, 0.25) is 0 Å². The molecule has 100 valence electrons. The maximum Gasteiger partial charge on any atom is 0.161 e. The molecular weight excluding hydrogens is 226 g/mol. The molecule has 0 bridgehead atoms. The zero-order valence-electron chi connectivity index (χ0n) is 11.7. The summed E-state index contributed by atoms with van der Waals surface area (Å²) in [5.41, 5.74) is 7.34. The minimum absolute atomic E-state index is 0.0793. The summed E-state index contributed by atoms with van der Waals surface area (Å²) in [7, 11) is 1.67. The molecule has 0 heterocycles. The van der Waals surface area contributed by atoms with Crippen LogP contribution in [0.2, 0.25) is 0 Å². The van der Waals surface area contributed by atoms with Crippen LogP contribution in [0.3, 0.4) is 0 Å². The van der Waals surface area contributed by atoms with Gasteiger partial charge < -0.3 is 15.2 Å². The average Bonchev–Trinajstić information content (AvgIpc) is 2.38. The summed E-state index contributed by atoms with van der Waals surface area (Å²) in [5.74, 6) is 1.62. The first-order chi connectivity index (χ1) is 8.51. The van der Waals surface area contributed by atoms with Crippen molar-refractivity contribution in [2.75, 3.05) is 7.11 Å². The molecule has 1 aromatic rings. The molecule has 18 heavy (non-hydrogen) atoms. The number of hydrogen-bond donors (Lipinski definition) is 1. The number of aryl methyl sites for hydroxylation is 1. The van der Waals surface area contributed by atoms with Crippen LogP contribution >= 0.6 is 0 Å². The van der Waals surface area contributed by atoms with Gasteiger partial charge >= 0.3 is 0 Å². The van der Waals surface area contributed by atoms with E-state index in [1.807, 2.05) is 25.1 Å². The highest BCUT2D eigenvalue weighted by atomic mass is 16.5. The van der Waals surface area contributed by atoms with Crippen LogP contribution in [0.15, 0.2) is 18.2 Å². The van der Waals surface area contributed by atoms with E-state index in [1.54, 1.807) is 7.11 Å². The SMILES string of the molecule is CCC1(C)C(N)CC1Oc1ccc(C)cc1OC. The molecular formula is C15H23NO2. The minimum Gasteiger partial charge on any atom is -0.493 e. The highest BCUT2D eigenvalue weighted by Gasteiger charge is 2.50. The Hall–Kier alpha value is -1.22. The zero-order valence-corrected chi connectivity index (χ0v) is 11.7. The molecule has 1 aliphatic carbocycles. The smallest absolute Gasteiger partial charge is 0.161 e. The van der Waals surface area contributed by atoms with Gasteiger partial charge in [-0.1, -0.05) is 19.9 Å². The van der Waals surface area contributed by atoms with E-state index in [0.29, 0.717) is 0 Å². The van der Waals surface area contributed by atoms with Crippen molar-refractivity contribution in [3.05, 3.63) is 23.8 Å². The van der Waals surface area contributed by atoms with E-state index in [0.717, 1.165) is 24.3 Å². The van der Waals surface area contributed by atoms with E-state index < -0.39 is 0 Å². The third kappa shape index (κ3) is 2.07. The van der Waals surface area contributed by atoms with Gasteiger partial charge in [0.25, 0.3) is 0 Å². The molecule has 3 nitrogen and oxygen atoms in total. The number of ether oxygens (including phenoxy) is 2. The molecule has 1 aliphatic rings. The van der Waals surface area contributed by atoms with E-state index in [2.05, 4.69) is 13.8 Å². The normalized spacial score (nSPS) is 30.7. The Labute approximate surface area is 109 Å². The maximum absolute atomic E-state index is 6.10. The molecule has 1 fully saturated rings. The molecule has 3 unspecified atom stereocenters. The van der Waals surface area contributed by atoms with Gasteiger partial charge in [-0.25, -0.2) is 0 Å². The minimum atomic E-state index is 0.0793. The predicted octanol–water partition coefficient (Wildman–Crippen LogP) is 2.90. The third-order valence-electron chi connectivity index (χ3n) is 4.40. The Morgan fingerprint density at radius 3 is 2.67 bits per heavy atom. The molecule has 2 rings (SSSR count). The number of benzene rings is 1. The standard InChI is InChI=1S/C15H23NO2/c1-5-15(3)13(16)9-14(15)18-11-7-6-10(2)8-12(11)17-4/h6-8,13-14H,5,9,16H2,1-4H3. The van der Waals surface area contributed by atoms with E-state index in [4.69, 9.17) is 15.2 Å². The van der Waals surface area contributed by atoms with Gasteiger partial charge in [-0.3, -0.25) is 0 Å². The Balaban J connectivity index is 2.15. The molecule has 0 saturated heterocycles. The lowest BCUT2D eigenvalue weighted by atomic mass is 9.62. The molecule has 3 heteroatoms. The fourth-order valence-electron chi connectivity index (χ4n) is 2.55. The first-order valence-corrected chi connectivity index (χ1v) is 6.58. The first kappa shape index (κ1) is 13.2. The summed E-state index contributed by atoms with van der Waals surface area (Å²) in [6.45, 7) is 6.41. The second-order valence-corrected chi connectivity index (χ2v) is 5.46. The van der Waals surface area contributed by atoms with Crippen molar-refractivity contribution >= 4 is 0 Å². The van der Waals surface area contributed by atoms with Crippen LogP contribution in [0.25, 0.3) is 0 Å². The number of hydrogen-bond acceptors (Lipinski definition) is 3. The van der Waals surface area contributed by atoms with Gasteiger partial charge in [-0.15, -0.1) is 0 Å². The highest BCUT2D eigenvalue weighted by Crippen LogP contribution is 2.46. The molecule has 1 saturated carbocycles. The Morgan fingerprint density at radius 1 is 1.39 bits per heavy atom. The van der Waals surface area contributed by atoms with E-state index in [-0.39, 0.29) is 17.6 Å². The van der Waals surface area contributed by atoms with Crippen LogP contribution in [0.4, 0.5) is 0 Å². The lowest BCUT2D eigenvalue weighted by Gasteiger charge is -2.51. The fourth-order valence-corrected chi connectivity index (χ4v) is 2.55. The first-order valence-electron chi connectivity index (χ1n) is 6.58. The van der Waals surface area contributed by atoms with Gasteiger partial charge in [0, 0.05) is 17.9 Å². The Kier molecular flexibility index (Phi) is 3.53. The van der Waals surface area contributed by atoms with Gasteiger partial charge in [-0.05, 0) is 31.0 Å². The topological polar surface area (TPSA) is 44.5 Å². The number of methoxy groups -OCH3 is 1. The molecule has 0 amide bonds. The monoisotopic (exact) mass is 249 g/mol. The second kappa shape index (κ2) is 4.81. The highest BCUT2D eigenvalue weighted by molar-refractivity contribution is 5.43. The molecule has 2 N–H and O–H groups in total. The zero-order chi connectivity index (χ0) is 13.3. The lowest BCUT2D eigenvalue weighted by molar-refractivity contribution is -0.0569.